The average molecular weight is 332 g/mol. The zero-order valence-corrected chi connectivity index (χ0v) is 14.9. The number of piperidine rings is 1. The first-order chi connectivity index (χ1) is 11.5. The van der Waals surface area contributed by atoms with Crippen molar-refractivity contribution in [2.45, 2.75) is 33.1 Å². The summed E-state index contributed by atoms with van der Waals surface area (Å²) in [6.07, 6.45) is 2.37. The minimum atomic E-state index is -0.00408. The Hall–Kier alpha value is -1.88. The maximum atomic E-state index is 12.6. The van der Waals surface area contributed by atoms with Crippen LogP contribution in [0.25, 0.3) is 0 Å². The number of ether oxygens (including phenoxy) is 1. The highest BCUT2D eigenvalue weighted by molar-refractivity contribution is 5.94. The van der Waals surface area contributed by atoms with Crippen LogP contribution in [-0.4, -0.2) is 49.9 Å². The number of nitrogens with one attached hydrogen (secondary N) is 1. The van der Waals surface area contributed by atoms with Crippen LogP contribution in [0.3, 0.4) is 0 Å². The van der Waals surface area contributed by atoms with Gasteiger partial charge in [-0.3, -0.25) is 9.59 Å². The van der Waals surface area contributed by atoms with Gasteiger partial charge in [0.2, 0.25) is 5.91 Å². The van der Waals surface area contributed by atoms with Crippen LogP contribution in [0.15, 0.2) is 18.2 Å². The number of rotatable bonds is 7. The van der Waals surface area contributed by atoms with Crippen molar-refractivity contribution >= 4 is 11.7 Å². The van der Waals surface area contributed by atoms with Crippen LogP contribution in [0.4, 0.5) is 0 Å². The van der Waals surface area contributed by atoms with E-state index in [0.29, 0.717) is 17.2 Å². The Kier molecular flexibility index (Phi) is 6.79. The van der Waals surface area contributed by atoms with E-state index >= 15 is 0 Å². The molecular formula is C19H28N2O3. The minimum Gasteiger partial charge on any atom is -0.496 e. The molecule has 5 heteroatoms. The first-order valence-corrected chi connectivity index (χ1v) is 8.71. The number of likely N-dealkylation sites (tertiary alicyclic amines) is 1. The summed E-state index contributed by atoms with van der Waals surface area (Å²) >= 11 is 0. The number of hydrogen-bond acceptors (Lipinski definition) is 4. The summed E-state index contributed by atoms with van der Waals surface area (Å²) in [4.78, 5) is 26.1. The standard InChI is InChI=1S/C19H28N2O3/c1-4-20-13-15-7-9-21(10-8-15)19(23)12-17-11-16(14(2)22)5-6-18(17)24-3/h5-6,11,15,20H,4,7-10,12-13H2,1-3H3. The maximum absolute atomic E-state index is 12.6. The Morgan fingerprint density at radius 1 is 1.29 bits per heavy atom. The molecular weight excluding hydrogens is 304 g/mol. The van der Waals surface area contributed by atoms with Gasteiger partial charge < -0.3 is 15.0 Å². The Labute approximate surface area is 144 Å². The molecule has 24 heavy (non-hydrogen) atoms. The van der Waals surface area contributed by atoms with Crippen LogP contribution in [-0.2, 0) is 11.2 Å². The average Bonchev–Trinajstić information content (AvgIpc) is 2.60. The van der Waals surface area contributed by atoms with Crippen molar-refractivity contribution in [1.29, 1.82) is 0 Å². The molecule has 0 atom stereocenters. The first-order valence-electron chi connectivity index (χ1n) is 8.71. The van der Waals surface area contributed by atoms with Gasteiger partial charge in [0.1, 0.15) is 5.75 Å². The Bertz CT molecular complexity index is 578. The zero-order chi connectivity index (χ0) is 17.5. The second-order valence-electron chi connectivity index (χ2n) is 6.39. The monoisotopic (exact) mass is 332 g/mol. The van der Waals surface area contributed by atoms with Gasteiger partial charge in [0.25, 0.3) is 0 Å². The summed E-state index contributed by atoms with van der Waals surface area (Å²) in [5, 5.41) is 3.38. The molecule has 5 nitrogen and oxygen atoms in total. The maximum Gasteiger partial charge on any atom is 0.227 e. The van der Waals surface area contributed by atoms with E-state index < -0.39 is 0 Å². The van der Waals surface area contributed by atoms with Crippen LogP contribution in [0.1, 0.15) is 42.6 Å². The van der Waals surface area contributed by atoms with Crippen molar-refractivity contribution < 1.29 is 14.3 Å². The number of carbonyl (C=O) groups excluding carboxylic acids is 2. The second kappa shape index (κ2) is 8.83. The fraction of sp³-hybridized carbons (Fsp3) is 0.579. The number of nitrogens with zero attached hydrogens (tertiary/aromatic N) is 1. The molecule has 132 valence electrons. The van der Waals surface area contributed by atoms with Crippen molar-refractivity contribution in [3.8, 4) is 5.75 Å². The Balaban J connectivity index is 1.97. The minimum absolute atomic E-state index is 0.00408. The lowest BCUT2D eigenvalue weighted by molar-refractivity contribution is -0.131. The zero-order valence-electron chi connectivity index (χ0n) is 14.9. The van der Waals surface area contributed by atoms with Crippen LogP contribution in [0.5, 0.6) is 5.75 Å². The number of benzene rings is 1. The van der Waals surface area contributed by atoms with Gasteiger partial charge in [-0.2, -0.15) is 0 Å². The van der Waals surface area contributed by atoms with Gasteiger partial charge >= 0.3 is 0 Å². The number of methoxy groups -OCH3 is 1. The van der Waals surface area contributed by atoms with E-state index in [1.165, 1.54) is 6.92 Å². The molecule has 1 aliphatic heterocycles. The highest BCUT2D eigenvalue weighted by Crippen LogP contribution is 2.23. The van der Waals surface area contributed by atoms with E-state index in [4.69, 9.17) is 4.74 Å². The van der Waals surface area contributed by atoms with Crippen LogP contribution in [0, 0.1) is 5.92 Å². The summed E-state index contributed by atoms with van der Waals surface area (Å²) in [6, 6.07) is 5.28. The van der Waals surface area contributed by atoms with E-state index in [-0.39, 0.29) is 18.1 Å². The van der Waals surface area contributed by atoms with Gasteiger partial charge in [-0.1, -0.05) is 6.92 Å². The first kappa shape index (κ1) is 18.5. The van der Waals surface area contributed by atoms with Crippen LogP contribution >= 0.6 is 0 Å². The predicted molar refractivity (Wildman–Crippen MR) is 94.6 cm³/mol. The van der Waals surface area contributed by atoms with E-state index in [2.05, 4.69) is 12.2 Å². The lowest BCUT2D eigenvalue weighted by Gasteiger charge is -2.32. The molecule has 1 N–H and O–H groups in total. The fourth-order valence-corrected chi connectivity index (χ4v) is 3.15. The van der Waals surface area contributed by atoms with Gasteiger partial charge in [0.15, 0.2) is 5.78 Å². The van der Waals surface area contributed by atoms with Crippen molar-refractivity contribution in [2.24, 2.45) is 5.92 Å². The molecule has 0 spiro atoms. The molecule has 1 aromatic rings. The highest BCUT2D eigenvalue weighted by atomic mass is 16.5. The molecule has 1 heterocycles. The topological polar surface area (TPSA) is 58.6 Å². The smallest absolute Gasteiger partial charge is 0.227 e. The molecule has 0 aromatic heterocycles. The predicted octanol–water partition coefficient (Wildman–Crippen LogP) is 2.29. The summed E-state index contributed by atoms with van der Waals surface area (Å²) in [5.41, 5.74) is 1.40. The van der Waals surface area contributed by atoms with Crippen molar-refractivity contribution in [2.75, 3.05) is 33.3 Å². The third-order valence-electron chi connectivity index (χ3n) is 4.68. The third kappa shape index (κ3) is 4.81. The summed E-state index contributed by atoms with van der Waals surface area (Å²) in [5.74, 6) is 1.42. The molecule has 0 saturated carbocycles. The van der Waals surface area contributed by atoms with Gasteiger partial charge in [0.05, 0.1) is 13.5 Å². The highest BCUT2D eigenvalue weighted by Gasteiger charge is 2.23. The van der Waals surface area contributed by atoms with E-state index in [1.54, 1.807) is 25.3 Å². The lowest BCUT2D eigenvalue weighted by atomic mass is 9.96. The van der Waals surface area contributed by atoms with Gasteiger partial charge in [-0.05, 0) is 57.0 Å². The molecule has 0 aliphatic carbocycles. The molecule has 0 unspecified atom stereocenters. The molecule has 0 radical (unpaired) electrons. The molecule has 1 aromatic carbocycles. The van der Waals surface area contributed by atoms with Gasteiger partial charge in [0, 0.05) is 24.2 Å². The largest absolute Gasteiger partial charge is 0.496 e. The molecule has 1 saturated heterocycles. The molecule has 1 amide bonds. The third-order valence-corrected chi connectivity index (χ3v) is 4.68. The van der Waals surface area contributed by atoms with Crippen molar-refractivity contribution in [3.05, 3.63) is 29.3 Å². The van der Waals surface area contributed by atoms with Crippen LogP contribution in [0.2, 0.25) is 0 Å². The van der Waals surface area contributed by atoms with Gasteiger partial charge in [-0.15, -0.1) is 0 Å². The van der Waals surface area contributed by atoms with Crippen molar-refractivity contribution in [1.82, 2.24) is 10.2 Å². The summed E-state index contributed by atoms with van der Waals surface area (Å²) < 4.78 is 5.34. The normalized spacial score (nSPS) is 15.4. The number of Topliss-reactive ketones (excluding diaryl/α,β-unsaturated/α-hetero) is 1. The van der Waals surface area contributed by atoms with Gasteiger partial charge in [-0.25, -0.2) is 0 Å². The SMILES string of the molecule is CCNCC1CCN(C(=O)Cc2cc(C(C)=O)ccc2OC)CC1. The quantitative estimate of drug-likeness (QED) is 0.778. The Morgan fingerprint density at radius 2 is 2.00 bits per heavy atom. The number of ketones is 1. The summed E-state index contributed by atoms with van der Waals surface area (Å²) in [7, 11) is 1.59. The summed E-state index contributed by atoms with van der Waals surface area (Å²) in [6.45, 7) is 7.29. The molecule has 0 bridgehead atoms. The van der Waals surface area contributed by atoms with E-state index in [1.807, 2.05) is 4.90 Å². The Morgan fingerprint density at radius 3 is 2.58 bits per heavy atom. The molecule has 1 aliphatic rings. The van der Waals surface area contributed by atoms with Crippen molar-refractivity contribution in [3.63, 3.8) is 0 Å². The molecule has 1 fully saturated rings. The van der Waals surface area contributed by atoms with E-state index in [9.17, 15) is 9.59 Å². The number of amides is 1. The fourth-order valence-electron chi connectivity index (χ4n) is 3.15. The second-order valence-corrected chi connectivity index (χ2v) is 6.39. The lowest BCUT2D eigenvalue weighted by Crippen LogP contribution is -2.41. The number of hydrogen-bond donors (Lipinski definition) is 1. The van der Waals surface area contributed by atoms with Crippen LogP contribution < -0.4 is 10.1 Å². The number of carbonyl (C=O) groups is 2. The molecule has 2 rings (SSSR count). The van der Waals surface area contributed by atoms with E-state index in [0.717, 1.165) is 44.6 Å².